The molecule has 2 amide bonds. The summed E-state index contributed by atoms with van der Waals surface area (Å²) in [7, 11) is 0. The second kappa shape index (κ2) is 25.4. The molecule has 37 heavy (non-hydrogen) atoms. The Bertz CT molecular complexity index is 615. The van der Waals surface area contributed by atoms with Crippen LogP contribution in [-0.4, -0.2) is 73.0 Å². The Morgan fingerprint density at radius 1 is 0.649 bits per heavy atom. The van der Waals surface area contributed by atoms with Crippen LogP contribution >= 0.6 is 0 Å². The topological polar surface area (TPSA) is 151 Å². The van der Waals surface area contributed by atoms with Gasteiger partial charge in [-0.1, -0.05) is 64.2 Å². The lowest BCUT2D eigenvalue weighted by Crippen LogP contribution is -2.41. The monoisotopic (exact) mass is 530 g/mol. The second-order valence-corrected chi connectivity index (χ2v) is 9.29. The first-order chi connectivity index (χ1) is 17.9. The molecule has 0 saturated heterocycles. The van der Waals surface area contributed by atoms with E-state index in [4.69, 9.17) is 14.6 Å². The van der Waals surface area contributed by atoms with E-state index in [1.807, 2.05) is 6.92 Å². The number of hydrogen-bond acceptors (Lipinski definition) is 6. The number of carbonyl (C=O) groups is 4. The molecule has 0 aliphatic rings. The van der Waals surface area contributed by atoms with Gasteiger partial charge in [-0.15, -0.1) is 0 Å². The Hall–Kier alpha value is -2.20. The Morgan fingerprint density at radius 2 is 1.16 bits per heavy atom. The number of aliphatic carboxylic acids is 2. The van der Waals surface area contributed by atoms with Crippen LogP contribution in [-0.2, 0) is 28.7 Å². The standard InChI is InChI=1S/C27H50N2O8/c1-2-36-21-22-37-20-19-28-24(30)18-17-23(27(34)35)29-25(31)15-13-11-9-7-5-3-4-6-8-10-12-14-16-26(32)33/h23H,2-22H2,1H3,(H,28,30)(H,29,31)(H,32,33)(H,34,35). The maximum atomic E-state index is 12.1. The highest BCUT2D eigenvalue weighted by Gasteiger charge is 2.20. The van der Waals surface area contributed by atoms with Crippen LogP contribution in [0.2, 0.25) is 0 Å². The van der Waals surface area contributed by atoms with Crippen LogP contribution in [0.25, 0.3) is 0 Å². The van der Waals surface area contributed by atoms with E-state index in [1.54, 1.807) is 0 Å². The Balaban J connectivity index is 3.68. The molecule has 0 spiro atoms. The van der Waals surface area contributed by atoms with Crippen LogP contribution in [0.4, 0.5) is 0 Å². The van der Waals surface area contributed by atoms with Gasteiger partial charge in [0.15, 0.2) is 0 Å². The van der Waals surface area contributed by atoms with Gasteiger partial charge in [0.05, 0.1) is 19.8 Å². The van der Waals surface area contributed by atoms with Crippen molar-refractivity contribution in [3.8, 4) is 0 Å². The molecule has 10 heteroatoms. The number of nitrogens with one attached hydrogen (secondary N) is 2. The van der Waals surface area contributed by atoms with Gasteiger partial charge in [0.2, 0.25) is 11.8 Å². The van der Waals surface area contributed by atoms with Gasteiger partial charge in [-0.25, -0.2) is 4.79 Å². The van der Waals surface area contributed by atoms with Crippen LogP contribution in [0.5, 0.6) is 0 Å². The van der Waals surface area contributed by atoms with Crippen molar-refractivity contribution in [2.24, 2.45) is 0 Å². The van der Waals surface area contributed by atoms with Crippen molar-refractivity contribution in [3.05, 3.63) is 0 Å². The highest BCUT2D eigenvalue weighted by Crippen LogP contribution is 2.13. The minimum atomic E-state index is -1.14. The van der Waals surface area contributed by atoms with Crippen LogP contribution in [0.1, 0.15) is 110 Å². The smallest absolute Gasteiger partial charge is 0.326 e. The van der Waals surface area contributed by atoms with E-state index in [0.29, 0.717) is 33.0 Å². The van der Waals surface area contributed by atoms with Gasteiger partial charge in [-0.3, -0.25) is 14.4 Å². The molecule has 0 fully saturated rings. The number of ether oxygens (including phenoxy) is 2. The number of carboxylic acids is 2. The summed E-state index contributed by atoms with van der Waals surface area (Å²) in [5.74, 6) is -2.42. The molecule has 0 aliphatic heterocycles. The van der Waals surface area contributed by atoms with Crippen molar-refractivity contribution in [3.63, 3.8) is 0 Å². The van der Waals surface area contributed by atoms with Crippen molar-refractivity contribution in [2.45, 2.75) is 116 Å². The molecular weight excluding hydrogens is 480 g/mol. The largest absolute Gasteiger partial charge is 0.481 e. The average molecular weight is 531 g/mol. The molecule has 10 nitrogen and oxygen atoms in total. The van der Waals surface area contributed by atoms with E-state index in [0.717, 1.165) is 44.9 Å². The van der Waals surface area contributed by atoms with Gasteiger partial charge in [0.25, 0.3) is 0 Å². The summed E-state index contributed by atoms with van der Waals surface area (Å²) in [5, 5.41) is 23.2. The summed E-state index contributed by atoms with van der Waals surface area (Å²) in [6, 6.07) is -1.07. The van der Waals surface area contributed by atoms with Crippen molar-refractivity contribution >= 4 is 23.8 Å². The lowest BCUT2D eigenvalue weighted by atomic mass is 10.0. The van der Waals surface area contributed by atoms with Crippen LogP contribution < -0.4 is 10.6 Å². The Kier molecular flexibility index (Phi) is 23.9. The fourth-order valence-corrected chi connectivity index (χ4v) is 3.84. The third kappa shape index (κ3) is 25.2. The van der Waals surface area contributed by atoms with Crippen molar-refractivity contribution in [1.82, 2.24) is 10.6 Å². The molecule has 4 N–H and O–H groups in total. The van der Waals surface area contributed by atoms with Gasteiger partial charge in [-0.2, -0.15) is 0 Å². The quantitative estimate of drug-likeness (QED) is 0.116. The number of unbranched alkanes of at least 4 members (excludes halogenated alkanes) is 11. The predicted molar refractivity (Wildman–Crippen MR) is 141 cm³/mol. The second-order valence-electron chi connectivity index (χ2n) is 9.29. The lowest BCUT2D eigenvalue weighted by molar-refractivity contribution is -0.142. The number of carboxylic acid groups (broad SMARTS) is 2. The van der Waals surface area contributed by atoms with E-state index in [2.05, 4.69) is 10.6 Å². The molecule has 216 valence electrons. The summed E-state index contributed by atoms with van der Waals surface area (Å²) in [6.45, 7) is 4.19. The fraction of sp³-hybridized carbons (Fsp3) is 0.852. The first kappa shape index (κ1) is 34.8. The third-order valence-electron chi connectivity index (χ3n) is 5.98. The Morgan fingerprint density at radius 3 is 1.68 bits per heavy atom. The maximum Gasteiger partial charge on any atom is 0.326 e. The van der Waals surface area contributed by atoms with Crippen LogP contribution in [0, 0.1) is 0 Å². The molecule has 0 aromatic carbocycles. The SMILES string of the molecule is CCOCCOCCNC(=O)CCC(NC(=O)CCCCCCCCCCCCCCC(=O)O)C(=O)O. The number of hydrogen-bond donors (Lipinski definition) is 4. The Labute approximate surface area is 222 Å². The van der Waals surface area contributed by atoms with Crippen molar-refractivity contribution in [1.29, 1.82) is 0 Å². The van der Waals surface area contributed by atoms with Crippen LogP contribution in [0.15, 0.2) is 0 Å². The van der Waals surface area contributed by atoms with Gasteiger partial charge in [0, 0.05) is 32.4 Å². The average Bonchev–Trinajstić information content (AvgIpc) is 2.85. The van der Waals surface area contributed by atoms with E-state index in [-0.39, 0.29) is 37.5 Å². The highest BCUT2D eigenvalue weighted by atomic mass is 16.5. The van der Waals surface area contributed by atoms with E-state index in [9.17, 15) is 24.3 Å². The van der Waals surface area contributed by atoms with Crippen molar-refractivity contribution < 1.29 is 38.9 Å². The zero-order valence-corrected chi connectivity index (χ0v) is 22.8. The van der Waals surface area contributed by atoms with Gasteiger partial charge in [-0.05, 0) is 26.2 Å². The molecule has 0 aromatic heterocycles. The molecule has 0 aliphatic carbocycles. The molecule has 0 aromatic rings. The number of amides is 2. The number of carbonyl (C=O) groups excluding carboxylic acids is 2. The lowest BCUT2D eigenvalue weighted by Gasteiger charge is -2.14. The summed E-state index contributed by atoms with van der Waals surface area (Å²) in [5.41, 5.74) is 0. The van der Waals surface area contributed by atoms with Gasteiger partial charge in [0.1, 0.15) is 6.04 Å². The first-order valence-corrected chi connectivity index (χ1v) is 14.0. The molecule has 1 atom stereocenters. The fourth-order valence-electron chi connectivity index (χ4n) is 3.84. The minimum absolute atomic E-state index is 0.0148. The zero-order chi connectivity index (χ0) is 27.6. The molecular formula is C27H50N2O8. The zero-order valence-electron chi connectivity index (χ0n) is 22.8. The predicted octanol–water partition coefficient (Wildman–Crippen LogP) is 4.05. The number of rotatable bonds is 27. The molecule has 0 bridgehead atoms. The van der Waals surface area contributed by atoms with Gasteiger partial charge < -0.3 is 30.3 Å². The maximum absolute atomic E-state index is 12.1. The van der Waals surface area contributed by atoms with E-state index in [1.165, 1.54) is 32.1 Å². The highest BCUT2D eigenvalue weighted by molar-refractivity contribution is 5.84. The normalized spacial score (nSPS) is 11.7. The minimum Gasteiger partial charge on any atom is -0.481 e. The van der Waals surface area contributed by atoms with Crippen molar-refractivity contribution in [2.75, 3.05) is 33.0 Å². The van der Waals surface area contributed by atoms with Crippen LogP contribution in [0.3, 0.4) is 0 Å². The summed E-state index contributed by atoms with van der Waals surface area (Å²) >= 11 is 0. The molecule has 0 heterocycles. The summed E-state index contributed by atoms with van der Waals surface area (Å²) in [4.78, 5) is 45.9. The van der Waals surface area contributed by atoms with E-state index < -0.39 is 18.0 Å². The molecule has 0 rings (SSSR count). The third-order valence-corrected chi connectivity index (χ3v) is 5.98. The van der Waals surface area contributed by atoms with E-state index >= 15 is 0 Å². The molecule has 1 unspecified atom stereocenters. The molecule has 0 radical (unpaired) electrons. The molecule has 0 saturated carbocycles. The summed E-state index contributed by atoms with van der Waals surface area (Å²) < 4.78 is 10.4. The first-order valence-electron chi connectivity index (χ1n) is 14.0. The summed E-state index contributed by atoms with van der Waals surface area (Å²) in [6.07, 6.45) is 13.3. The van der Waals surface area contributed by atoms with Gasteiger partial charge >= 0.3 is 11.9 Å².